The van der Waals surface area contributed by atoms with Crippen molar-refractivity contribution in [3.63, 3.8) is 0 Å². The Bertz CT molecular complexity index is 896. The molecular weight excluding hydrogens is 278 g/mol. The second-order valence-corrected chi connectivity index (χ2v) is 6.05. The monoisotopic (exact) mass is 295 g/mol. The van der Waals surface area contributed by atoms with Gasteiger partial charge in [0.2, 0.25) is 0 Å². The largest absolute Gasteiger partial charge is 0.497 e. The first-order valence-corrected chi connectivity index (χ1v) is 7.23. The average Bonchev–Trinajstić information content (AvgIpc) is 2.86. The van der Waals surface area contributed by atoms with E-state index in [4.69, 9.17) is 9.47 Å². The van der Waals surface area contributed by atoms with Gasteiger partial charge in [-0.2, -0.15) is 5.10 Å². The highest BCUT2D eigenvalue weighted by Gasteiger charge is 2.35. The molecule has 112 valence electrons. The van der Waals surface area contributed by atoms with E-state index in [1.54, 1.807) is 7.11 Å². The molecule has 5 nitrogen and oxygen atoms in total. The smallest absolute Gasteiger partial charge is 0.155 e. The summed E-state index contributed by atoms with van der Waals surface area (Å²) >= 11 is 0. The zero-order chi connectivity index (χ0) is 15.5. The topological polar surface area (TPSA) is 48.7 Å². The summed E-state index contributed by atoms with van der Waals surface area (Å²) in [4.78, 5) is 4.51. The van der Waals surface area contributed by atoms with Gasteiger partial charge >= 0.3 is 0 Å². The number of aromatic nitrogens is 3. The molecular formula is C17H17N3O2. The zero-order valence-corrected chi connectivity index (χ0v) is 13.0. The van der Waals surface area contributed by atoms with Gasteiger partial charge in [-0.3, -0.25) is 0 Å². The average molecular weight is 295 g/mol. The van der Waals surface area contributed by atoms with Crippen LogP contribution in [0, 0.1) is 6.92 Å². The third-order valence-electron chi connectivity index (χ3n) is 4.06. The van der Waals surface area contributed by atoms with Gasteiger partial charge < -0.3 is 9.47 Å². The molecule has 1 aromatic carbocycles. The molecule has 3 aromatic rings. The molecule has 5 heteroatoms. The number of ether oxygens (including phenoxy) is 2. The van der Waals surface area contributed by atoms with Gasteiger partial charge in [-0.15, -0.1) is 0 Å². The molecule has 1 aliphatic heterocycles. The van der Waals surface area contributed by atoms with E-state index in [1.807, 2.05) is 55.7 Å². The quantitative estimate of drug-likeness (QED) is 0.691. The van der Waals surface area contributed by atoms with Crippen LogP contribution in [-0.4, -0.2) is 21.7 Å². The molecule has 2 aromatic heterocycles. The molecule has 3 heterocycles. The Morgan fingerprint density at radius 3 is 2.82 bits per heavy atom. The van der Waals surface area contributed by atoms with Gasteiger partial charge in [0, 0.05) is 29.5 Å². The molecule has 0 aliphatic carbocycles. The van der Waals surface area contributed by atoms with Crippen LogP contribution in [0.5, 0.6) is 11.5 Å². The van der Waals surface area contributed by atoms with E-state index in [2.05, 4.69) is 10.1 Å². The van der Waals surface area contributed by atoms with Crippen molar-refractivity contribution in [2.24, 2.45) is 0 Å². The number of methoxy groups -OCH3 is 1. The maximum Gasteiger partial charge on any atom is 0.155 e. The molecule has 0 unspecified atom stereocenters. The lowest BCUT2D eigenvalue weighted by Crippen LogP contribution is -2.30. The third kappa shape index (κ3) is 1.71. The van der Waals surface area contributed by atoms with Crippen LogP contribution in [0.15, 0.2) is 30.5 Å². The fourth-order valence-electron chi connectivity index (χ4n) is 2.99. The Kier molecular flexibility index (Phi) is 2.52. The summed E-state index contributed by atoms with van der Waals surface area (Å²) < 4.78 is 13.4. The van der Waals surface area contributed by atoms with Crippen LogP contribution >= 0.6 is 0 Å². The van der Waals surface area contributed by atoms with E-state index < -0.39 is 5.60 Å². The van der Waals surface area contributed by atoms with E-state index in [0.717, 1.165) is 39.7 Å². The fourth-order valence-corrected chi connectivity index (χ4v) is 2.99. The second kappa shape index (κ2) is 4.22. The molecule has 1 aliphatic rings. The van der Waals surface area contributed by atoms with Crippen molar-refractivity contribution >= 4 is 5.65 Å². The highest BCUT2D eigenvalue weighted by atomic mass is 16.5. The lowest BCUT2D eigenvalue weighted by molar-refractivity contribution is 0.104. The number of hydrogen-bond acceptors (Lipinski definition) is 4. The molecule has 0 bridgehead atoms. The normalized spacial score (nSPS) is 15.1. The van der Waals surface area contributed by atoms with Crippen molar-refractivity contribution in [2.45, 2.75) is 26.4 Å². The minimum Gasteiger partial charge on any atom is -0.497 e. The molecule has 0 saturated heterocycles. The Labute approximate surface area is 128 Å². The van der Waals surface area contributed by atoms with E-state index in [-0.39, 0.29) is 0 Å². The van der Waals surface area contributed by atoms with Crippen LogP contribution < -0.4 is 9.47 Å². The molecule has 0 saturated carbocycles. The van der Waals surface area contributed by atoms with Crippen molar-refractivity contribution in [2.75, 3.05) is 7.11 Å². The van der Waals surface area contributed by atoms with Crippen LogP contribution in [0.2, 0.25) is 0 Å². The van der Waals surface area contributed by atoms with Gasteiger partial charge in [0.05, 0.1) is 18.5 Å². The standard InChI is InChI=1S/C17H17N3O2/c1-10-7-15-18-9-13-16(20(15)19-10)12-6-5-11(21-4)8-14(12)22-17(13,2)3/h5-9H,1-4H3. The zero-order valence-electron chi connectivity index (χ0n) is 13.0. The molecule has 0 atom stereocenters. The molecule has 4 rings (SSSR count). The summed E-state index contributed by atoms with van der Waals surface area (Å²) in [5.74, 6) is 1.58. The highest BCUT2D eigenvalue weighted by molar-refractivity contribution is 5.76. The first-order chi connectivity index (χ1) is 10.5. The number of benzene rings is 1. The van der Waals surface area contributed by atoms with Crippen LogP contribution in [0.3, 0.4) is 0 Å². The van der Waals surface area contributed by atoms with Gasteiger partial charge in [-0.1, -0.05) is 0 Å². The summed E-state index contributed by atoms with van der Waals surface area (Å²) in [5, 5.41) is 4.60. The van der Waals surface area contributed by atoms with Gasteiger partial charge in [0.15, 0.2) is 5.65 Å². The van der Waals surface area contributed by atoms with E-state index in [0.29, 0.717) is 0 Å². The van der Waals surface area contributed by atoms with Crippen molar-refractivity contribution in [1.82, 2.24) is 14.6 Å². The molecule has 0 radical (unpaired) electrons. The summed E-state index contributed by atoms with van der Waals surface area (Å²) in [6, 6.07) is 7.85. The Morgan fingerprint density at radius 2 is 2.05 bits per heavy atom. The fraction of sp³-hybridized carbons (Fsp3) is 0.294. The Hall–Kier alpha value is -2.56. The summed E-state index contributed by atoms with van der Waals surface area (Å²) in [6.07, 6.45) is 1.89. The lowest BCUT2D eigenvalue weighted by atomic mass is 9.91. The first kappa shape index (κ1) is 13.1. The molecule has 0 N–H and O–H groups in total. The highest BCUT2D eigenvalue weighted by Crippen LogP contribution is 2.45. The van der Waals surface area contributed by atoms with Crippen molar-refractivity contribution in [1.29, 1.82) is 0 Å². The maximum absolute atomic E-state index is 6.18. The van der Waals surface area contributed by atoms with E-state index in [9.17, 15) is 0 Å². The van der Waals surface area contributed by atoms with Gasteiger partial charge in [0.25, 0.3) is 0 Å². The SMILES string of the molecule is COc1ccc2c(c1)OC(C)(C)c1cnc3cc(C)nn3c1-2. The van der Waals surface area contributed by atoms with Gasteiger partial charge in [-0.05, 0) is 32.9 Å². The van der Waals surface area contributed by atoms with Crippen LogP contribution in [0.4, 0.5) is 0 Å². The van der Waals surface area contributed by atoms with E-state index >= 15 is 0 Å². The van der Waals surface area contributed by atoms with Crippen LogP contribution in [0.25, 0.3) is 16.9 Å². The lowest BCUT2D eigenvalue weighted by Gasteiger charge is -2.34. The molecule has 0 spiro atoms. The summed E-state index contributed by atoms with van der Waals surface area (Å²) in [6.45, 7) is 6.05. The minimum atomic E-state index is -0.476. The number of hydrogen-bond donors (Lipinski definition) is 0. The molecule has 22 heavy (non-hydrogen) atoms. The van der Waals surface area contributed by atoms with Crippen molar-refractivity contribution in [3.8, 4) is 22.8 Å². The molecule has 0 amide bonds. The number of rotatable bonds is 1. The minimum absolute atomic E-state index is 0.476. The Balaban J connectivity index is 2.10. The second-order valence-electron chi connectivity index (χ2n) is 6.05. The predicted molar refractivity (Wildman–Crippen MR) is 83.4 cm³/mol. The van der Waals surface area contributed by atoms with Gasteiger partial charge in [0.1, 0.15) is 17.1 Å². The van der Waals surface area contributed by atoms with Crippen molar-refractivity contribution < 1.29 is 9.47 Å². The Morgan fingerprint density at radius 1 is 1.23 bits per heavy atom. The number of aryl methyl sites for hydroxylation is 1. The maximum atomic E-state index is 6.18. The summed E-state index contributed by atoms with van der Waals surface area (Å²) in [5.41, 5.74) is 4.38. The van der Waals surface area contributed by atoms with Crippen molar-refractivity contribution in [3.05, 3.63) is 41.7 Å². The third-order valence-corrected chi connectivity index (χ3v) is 4.06. The first-order valence-electron chi connectivity index (χ1n) is 7.23. The predicted octanol–water partition coefficient (Wildman–Crippen LogP) is 3.34. The summed E-state index contributed by atoms with van der Waals surface area (Å²) in [7, 11) is 1.66. The molecule has 0 fully saturated rings. The number of nitrogens with zero attached hydrogens (tertiary/aromatic N) is 3. The number of fused-ring (bicyclic) bond motifs is 5. The van der Waals surface area contributed by atoms with E-state index in [1.165, 1.54) is 0 Å². The van der Waals surface area contributed by atoms with Gasteiger partial charge in [-0.25, -0.2) is 9.50 Å². The van der Waals surface area contributed by atoms with Crippen LogP contribution in [0.1, 0.15) is 25.1 Å². The van der Waals surface area contributed by atoms with Crippen LogP contribution in [-0.2, 0) is 5.60 Å².